The molecule has 0 aliphatic heterocycles. The molecule has 0 aliphatic carbocycles. The number of hydrogen-bond donors (Lipinski definition) is 0. The maximum atomic E-state index is 12.0. The highest BCUT2D eigenvalue weighted by atomic mass is 16.2. The Hall–Kier alpha value is -1.38. The first-order chi connectivity index (χ1) is 7.15. The molecule has 1 heterocycles. The van der Waals surface area contributed by atoms with Crippen LogP contribution in [-0.2, 0) is 0 Å². The van der Waals surface area contributed by atoms with E-state index in [1.54, 1.807) is 24.5 Å². The van der Waals surface area contributed by atoms with E-state index in [1.807, 2.05) is 11.8 Å². The van der Waals surface area contributed by atoms with Crippen LogP contribution in [0, 0.1) is 5.92 Å². The number of nitrogens with zero attached hydrogens (tertiary/aromatic N) is 2. The van der Waals surface area contributed by atoms with Gasteiger partial charge in [-0.25, -0.2) is 0 Å². The first-order valence-electron chi connectivity index (χ1n) is 5.34. The van der Waals surface area contributed by atoms with Crippen molar-refractivity contribution < 1.29 is 4.79 Å². The summed E-state index contributed by atoms with van der Waals surface area (Å²) < 4.78 is 0. The molecule has 15 heavy (non-hydrogen) atoms. The molecule has 0 aromatic carbocycles. The standard InChI is InChI=1S/C12H18N2O/c1-4-14(9-10(2)3)12(15)11-6-5-7-13-8-11/h5-8,10H,4,9H2,1-3H3. The zero-order valence-corrected chi connectivity index (χ0v) is 9.60. The van der Waals surface area contributed by atoms with Crippen LogP contribution in [0.5, 0.6) is 0 Å². The number of amides is 1. The summed E-state index contributed by atoms with van der Waals surface area (Å²) in [6.45, 7) is 7.76. The van der Waals surface area contributed by atoms with Crippen molar-refractivity contribution in [3.05, 3.63) is 30.1 Å². The van der Waals surface area contributed by atoms with Crippen LogP contribution >= 0.6 is 0 Å². The molecule has 3 heteroatoms. The smallest absolute Gasteiger partial charge is 0.255 e. The maximum Gasteiger partial charge on any atom is 0.255 e. The third kappa shape index (κ3) is 3.35. The molecule has 0 atom stereocenters. The summed E-state index contributed by atoms with van der Waals surface area (Å²) in [6.07, 6.45) is 3.29. The molecule has 0 bridgehead atoms. The van der Waals surface area contributed by atoms with E-state index < -0.39 is 0 Å². The molecule has 0 N–H and O–H groups in total. The van der Waals surface area contributed by atoms with E-state index in [0.29, 0.717) is 11.5 Å². The Bertz CT molecular complexity index is 309. The molecule has 1 amide bonds. The first kappa shape index (κ1) is 11.7. The highest BCUT2D eigenvalue weighted by molar-refractivity contribution is 5.93. The molecular weight excluding hydrogens is 188 g/mol. The molecule has 3 nitrogen and oxygen atoms in total. The SMILES string of the molecule is CCN(CC(C)C)C(=O)c1cccnc1. The van der Waals surface area contributed by atoms with Crippen molar-refractivity contribution in [1.82, 2.24) is 9.88 Å². The fourth-order valence-electron chi connectivity index (χ4n) is 1.47. The summed E-state index contributed by atoms with van der Waals surface area (Å²) in [7, 11) is 0. The van der Waals surface area contributed by atoms with Crippen LogP contribution < -0.4 is 0 Å². The quantitative estimate of drug-likeness (QED) is 0.756. The van der Waals surface area contributed by atoms with Crippen molar-refractivity contribution in [3.63, 3.8) is 0 Å². The minimum Gasteiger partial charge on any atom is -0.339 e. The monoisotopic (exact) mass is 206 g/mol. The number of carbonyl (C=O) groups is 1. The number of hydrogen-bond acceptors (Lipinski definition) is 2. The molecule has 0 unspecified atom stereocenters. The van der Waals surface area contributed by atoms with Gasteiger partial charge in [-0.15, -0.1) is 0 Å². The lowest BCUT2D eigenvalue weighted by Crippen LogP contribution is -2.34. The lowest BCUT2D eigenvalue weighted by molar-refractivity contribution is 0.0745. The molecule has 1 aromatic heterocycles. The average Bonchev–Trinajstić information content (AvgIpc) is 2.26. The number of rotatable bonds is 4. The highest BCUT2D eigenvalue weighted by Crippen LogP contribution is 2.05. The summed E-state index contributed by atoms with van der Waals surface area (Å²) in [5.41, 5.74) is 0.667. The predicted molar refractivity (Wildman–Crippen MR) is 60.7 cm³/mol. The van der Waals surface area contributed by atoms with Gasteiger partial charge in [0, 0.05) is 25.5 Å². The number of pyridine rings is 1. The van der Waals surface area contributed by atoms with Crippen molar-refractivity contribution >= 4 is 5.91 Å². The van der Waals surface area contributed by atoms with Gasteiger partial charge in [-0.3, -0.25) is 9.78 Å². The summed E-state index contributed by atoms with van der Waals surface area (Å²) in [6, 6.07) is 3.59. The average molecular weight is 206 g/mol. The van der Waals surface area contributed by atoms with Crippen molar-refractivity contribution in [2.75, 3.05) is 13.1 Å². The van der Waals surface area contributed by atoms with Gasteiger partial charge in [0.25, 0.3) is 5.91 Å². The molecule has 0 radical (unpaired) electrons. The second kappa shape index (κ2) is 5.49. The van der Waals surface area contributed by atoms with E-state index >= 15 is 0 Å². The molecule has 0 saturated carbocycles. The largest absolute Gasteiger partial charge is 0.339 e. The minimum atomic E-state index is 0.0688. The van der Waals surface area contributed by atoms with Crippen LogP contribution in [0.15, 0.2) is 24.5 Å². The van der Waals surface area contributed by atoms with Crippen LogP contribution in [0.25, 0.3) is 0 Å². The lowest BCUT2D eigenvalue weighted by Gasteiger charge is -2.22. The summed E-state index contributed by atoms with van der Waals surface area (Å²) in [5.74, 6) is 0.560. The second-order valence-electron chi connectivity index (χ2n) is 3.98. The zero-order valence-electron chi connectivity index (χ0n) is 9.60. The second-order valence-corrected chi connectivity index (χ2v) is 3.98. The Balaban J connectivity index is 2.74. The van der Waals surface area contributed by atoms with Crippen molar-refractivity contribution in [2.45, 2.75) is 20.8 Å². The molecular formula is C12H18N2O. The van der Waals surface area contributed by atoms with E-state index in [1.165, 1.54) is 0 Å². The van der Waals surface area contributed by atoms with Gasteiger partial charge < -0.3 is 4.90 Å². The fraction of sp³-hybridized carbons (Fsp3) is 0.500. The molecule has 82 valence electrons. The summed E-state index contributed by atoms with van der Waals surface area (Å²) in [4.78, 5) is 17.8. The summed E-state index contributed by atoms with van der Waals surface area (Å²) in [5, 5.41) is 0. The van der Waals surface area contributed by atoms with Gasteiger partial charge in [0.05, 0.1) is 5.56 Å². The predicted octanol–water partition coefficient (Wildman–Crippen LogP) is 2.20. The van der Waals surface area contributed by atoms with Crippen LogP contribution in [-0.4, -0.2) is 28.9 Å². The van der Waals surface area contributed by atoms with Crippen LogP contribution in [0.1, 0.15) is 31.1 Å². The molecule has 0 aliphatic rings. The summed E-state index contributed by atoms with van der Waals surface area (Å²) >= 11 is 0. The third-order valence-electron chi connectivity index (χ3n) is 2.16. The van der Waals surface area contributed by atoms with Gasteiger partial charge in [0.15, 0.2) is 0 Å². The molecule has 1 aromatic rings. The van der Waals surface area contributed by atoms with Crippen molar-refractivity contribution in [2.24, 2.45) is 5.92 Å². The van der Waals surface area contributed by atoms with Crippen molar-refractivity contribution in [3.8, 4) is 0 Å². The Labute approximate surface area is 91.1 Å². The molecule has 0 fully saturated rings. The lowest BCUT2D eigenvalue weighted by atomic mass is 10.2. The normalized spacial score (nSPS) is 10.4. The highest BCUT2D eigenvalue weighted by Gasteiger charge is 2.14. The first-order valence-corrected chi connectivity index (χ1v) is 5.34. The van der Waals surface area contributed by atoms with Gasteiger partial charge in [0.2, 0.25) is 0 Å². The van der Waals surface area contributed by atoms with E-state index in [9.17, 15) is 4.79 Å². The third-order valence-corrected chi connectivity index (χ3v) is 2.16. The Morgan fingerprint density at radius 2 is 2.27 bits per heavy atom. The van der Waals surface area contributed by atoms with Gasteiger partial charge >= 0.3 is 0 Å². The van der Waals surface area contributed by atoms with Crippen molar-refractivity contribution in [1.29, 1.82) is 0 Å². The van der Waals surface area contributed by atoms with E-state index in [0.717, 1.165) is 13.1 Å². The topological polar surface area (TPSA) is 33.2 Å². The van der Waals surface area contributed by atoms with Crippen LogP contribution in [0.2, 0.25) is 0 Å². The van der Waals surface area contributed by atoms with Gasteiger partial charge in [-0.1, -0.05) is 13.8 Å². The van der Waals surface area contributed by atoms with Crippen LogP contribution in [0.4, 0.5) is 0 Å². The fourth-order valence-corrected chi connectivity index (χ4v) is 1.47. The van der Waals surface area contributed by atoms with Gasteiger partial charge in [-0.2, -0.15) is 0 Å². The van der Waals surface area contributed by atoms with Crippen LogP contribution in [0.3, 0.4) is 0 Å². The Morgan fingerprint density at radius 1 is 1.53 bits per heavy atom. The van der Waals surface area contributed by atoms with Gasteiger partial charge in [0.1, 0.15) is 0 Å². The Kier molecular flexibility index (Phi) is 4.28. The molecule has 1 rings (SSSR count). The molecule has 0 saturated heterocycles. The van der Waals surface area contributed by atoms with E-state index in [2.05, 4.69) is 18.8 Å². The number of aromatic nitrogens is 1. The zero-order chi connectivity index (χ0) is 11.3. The maximum absolute atomic E-state index is 12.0. The molecule has 0 spiro atoms. The minimum absolute atomic E-state index is 0.0688. The van der Waals surface area contributed by atoms with Gasteiger partial charge in [-0.05, 0) is 25.0 Å². The van der Waals surface area contributed by atoms with E-state index in [4.69, 9.17) is 0 Å². The number of carbonyl (C=O) groups excluding carboxylic acids is 1. The Morgan fingerprint density at radius 3 is 2.73 bits per heavy atom. The van der Waals surface area contributed by atoms with E-state index in [-0.39, 0.29) is 5.91 Å².